The van der Waals surface area contributed by atoms with Crippen molar-refractivity contribution in [3.63, 3.8) is 0 Å². The number of likely N-dealkylation sites (N-methyl/N-ethyl adjacent to an activating group) is 1. The van der Waals surface area contributed by atoms with E-state index in [0.717, 1.165) is 4.47 Å². The second-order valence-corrected chi connectivity index (χ2v) is 5.55. The summed E-state index contributed by atoms with van der Waals surface area (Å²) in [4.78, 5) is 18.0. The topological polar surface area (TPSA) is 65.5 Å². The van der Waals surface area contributed by atoms with Crippen molar-refractivity contribution >= 4 is 27.7 Å². The molecule has 0 spiro atoms. The Kier molecular flexibility index (Phi) is 4.70. The van der Waals surface area contributed by atoms with Crippen molar-refractivity contribution in [1.29, 1.82) is 0 Å². The Bertz CT molecular complexity index is 449. The Balaban J connectivity index is 3.14. The average molecular weight is 316 g/mol. The molecule has 0 aliphatic heterocycles. The number of hydrogen-bond donors (Lipinski definition) is 2. The largest absolute Gasteiger partial charge is 0.394 e. The number of carbonyl (C=O) groups excluding carboxylic acids is 1. The summed E-state index contributed by atoms with van der Waals surface area (Å²) in [6.45, 7) is 3.50. The molecule has 1 aromatic heterocycles. The summed E-state index contributed by atoms with van der Waals surface area (Å²) in [5, 5.41) is 12.2. The van der Waals surface area contributed by atoms with Crippen molar-refractivity contribution in [3.05, 3.63) is 22.3 Å². The Labute approximate surface area is 115 Å². The van der Waals surface area contributed by atoms with Gasteiger partial charge < -0.3 is 15.3 Å². The SMILES string of the molecule is CNc1ncc(Br)cc1C(=O)N(C)C(C)(C)CO. The maximum absolute atomic E-state index is 12.4. The zero-order valence-corrected chi connectivity index (χ0v) is 12.6. The van der Waals surface area contributed by atoms with Crippen LogP contribution in [0.15, 0.2) is 16.7 Å². The van der Waals surface area contributed by atoms with Crippen LogP contribution in [0, 0.1) is 0 Å². The highest BCUT2D eigenvalue weighted by Crippen LogP contribution is 2.22. The van der Waals surface area contributed by atoms with Crippen molar-refractivity contribution in [2.24, 2.45) is 0 Å². The van der Waals surface area contributed by atoms with Gasteiger partial charge in [0.2, 0.25) is 0 Å². The fourth-order valence-electron chi connectivity index (χ4n) is 1.36. The average Bonchev–Trinajstić information content (AvgIpc) is 2.36. The van der Waals surface area contributed by atoms with Gasteiger partial charge in [0, 0.05) is 24.8 Å². The number of anilines is 1. The van der Waals surface area contributed by atoms with E-state index in [0.29, 0.717) is 11.4 Å². The molecule has 0 aliphatic carbocycles. The minimum atomic E-state index is -0.621. The van der Waals surface area contributed by atoms with Crippen molar-refractivity contribution in [3.8, 4) is 0 Å². The van der Waals surface area contributed by atoms with Crippen LogP contribution >= 0.6 is 15.9 Å². The Hall–Kier alpha value is -1.14. The number of aliphatic hydroxyl groups is 1. The van der Waals surface area contributed by atoms with Gasteiger partial charge in [0.25, 0.3) is 5.91 Å². The first-order chi connectivity index (χ1) is 8.33. The van der Waals surface area contributed by atoms with Gasteiger partial charge in [-0.15, -0.1) is 0 Å². The molecular formula is C12H18BrN3O2. The fourth-order valence-corrected chi connectivity index (χ4v) is 1.69. The molecule has 0 aliphatic rings. The second-order valence-electron chi connectivity index (χ2n) is 4.63. The lowest BCUT2D eigenvalue weighted by atomic mass is 10.0. The van der Waals surface area contributed by atoms with E-state index in [4.69, 9.17) is 0 Å². The molecule has 18 heavy (non-hydrogen) atoms. The Morgan fingerprint density at radius 2 is 2.22 bits per heavy atom. The van der Waals surface area contributed by atoms with E-state index in [-0.39, 0.29) is 12.5 Å². The maximum Gasteiger partial charge on any atom is 0.257 e. The molecule has 0 radical (unpaired) electrons. The number of halogens is 1. The highest BCUT2D eigenvalue weighted by atomic mass is 79.9. The highest BCUT2D eigenvalue weighted by molar-refractivity contribution is 9.10. The summed E-state index contributed by atoms with van der Waals surface area (Å²) in [6.07, 6.45) is 1.62. The lowest BCUT2D eigenvalue weighted by molar-refractivity contribution is 0.0473. The molecule has 0 aromatic carbocycles. The Morgan fingerprint density at radius 1 is 1.61 bits per heavy atom. The van der Waals surface area contributed by atoms with Gasteiger partial charge in [0.1, 0.15) is 5.82 Å². The number of aliphatic hydroxyl groups excluding tert-OH is 1. The molecule has 0 bridgehead atoms. The van der Waals surface area contributed by atoms with Crippen molar-refractivity contribution in [1.82, 2.24) is 9.88 Å². The van der Waals surface area contributed by atoms with Crippen LogP contribution in [0.4, 0.5) is 5.82 Å². The van der Waals surface area contributed by atoms with Crippen LogP contribution in [0.1, 0.15) is 24.2 Å². The van der Waals surface area contributed by atoms with Crippen LogP contribution in [-0.2, 0) is 0 Å². The molecule has 0 unspecified atom stereocenters. The molecule has 1 amide bonds. The van der Waals surface area contributed by atoms with Crippen LogP contribution in [0.3, 0.4) is 0 Å². The van der Waals surface area contributed by atoms with E-state index in [1.165, 1.54) is 4.90 Å². The third-order valence-corrected chi connectivity index (χ3v) is 3.35. The molecule has 100 valence electrons. The van der Waals surface area contributed by atoms with Crippen molar-refractivity contribution in [2.75, 3.05) is 26.0 Å². The van der Waals surface area contributed by atoms with Gasteiger partial charge in [-0.05, 0) is 35.8 Å². The summed E-state index contributed by atoms with van der Waals surface area (Å²) in [6, 6.07) is 1.71. The number of hydrogen-bond acceptors (Lipinski definition) is 4. The standard InChI is InChI=1S/C12H18BrN3O2/c1-12(2,7-17)16(4)11(18)9-5-8(13)6-15-10(9)14-3/h5-6,17H,7H2,1-4H3,(H,14,15). The minimum absolute atomic E-state index is 0.106. The van der Waals surface area contributed by atoms with Crippen molar-refractivity contribution in [2.45, 2.75) is 19.4 Å². The molecule has 1 heterocycles. The predicted molar refractivity (Wildman–Crippen MR) is 74.7 cm³/mol. The first-order valence-corrected chi connectivity index (χ1v) is 6.35. The smallest absolute Gasteiger partial charge is 0.257 e. The van der Waals surface area contributed by atoms with E-state index in [9.17, 15) is 9.90 Å². The van der Waals surface area contributed by atoms with Gasteiger partial charge in [-0.2, -0.15) is 0 Å². The molecule has 0 saturated carbocycles. The molecule has 5 nitrogen and oxygen atoms in total. The molecule has 0 atom stereocenters. The summed E-state index contributed by atoms with van der Waals surface area (Å²) < 4.78 is 0.736. The Morgan fingerprint density at radius 3 is 2.72 bits per heavy atom. The predicted octanol–water partition coefficient (Wildman–Crippen LogP) is 1.73. The summed E-state index contributed by atoms with van der Waals surface area (Å²) in [5.41, 5.74) is -0.152. The van der Waals surface area contributed by atoms with E-state index in [2.05, 4.69) is 26.2 Å². The van der Waals surface area contributed by atoms with E-state index >= 15 is 0 Å². The number of rotatable bonds is 4. The van der Waals surface area contributed by atoms with Gasteiger partial charge in [0.15, 0.2) is 0 Å². The lowest BCUT2D eigenvalue weighted by Gasteiger charge is -2.34. The fraction of sp³-hybridized carbons (Fsp3) is 0.500. The first-order valence-electron chi connectivity index (χ1n) is 5.56. The van der Waals surface area contributed by atoms with Crippen LogP contribution < -0.4 is 5.32 Å². The number of nitrogens with zero attached hydrogens (tertiary/aromatic N) is 2. The van der Waals surface area contributed by atoms with Crippen LogP contribution in [0.2, 0.25) is 0 Å². The second kappa shape index (κ2) is 5.67. The zero-order chi connectivity index (χ0) is 13.9. The van der Waals surface area contributed by atoms with E-state index in [1.807, 2.05) is 0 Å². The zero-order valence-electron chi connectivity index (χ0n) is 11.0. The molecule has 1 aromatic rings. The summed E-state index contributed by atoms with van der Waals surface area (Å²) in [5.74, 6) is 0.330. The molecule has 0 saturated heterocycles. The molecule has 0 fully saturated rings. The maximum atomic E-state index is 12.4. The normalized spacial score (nSPS) is 11.2. The quantitative estimate of drug-likeness (QED) is 0.888. The number of aromatic nitrogens is 1. The first kappa shape index (κ1) is 14.9. The molecular weight excluding hydrogens is 298 g/mol. The lowest BCUT2D eigenvalue weighted by Crippen LogP contribution is -2.47. The van der Waals surface area contributed by atoms with Crippen LogP contribution in [0.5, 0.6) is 0 Å². The van der Waals surface area contributed by atoms with E-state index in [1.54, 1.807) is 40.2 Å². The third-order valence-electron chi connectivity index (χ3n) is 2.92. The van der Waals surface area contributed by atoms with E-state index < -0.39 is 5.54 Å². The summed E-state index contributed by atoms with van der Waals surface area (Å²) >= 11 is 3.30. The molecule has 6 heteroatoms. The van der Waals surface area contributed by atoms with Gasteiger partial charge in [0.05, 0.1) is 17.7 Å². The number of amides is 1. The molecule has 1 rings (SSSR count). The minimum Gasteiger partial charge on any atom is -0.394 e. The van der Waals surface area contributed by atoms with Crippen molar-refractivity contribution < 1.29 is 9.90 Å². The van der Waals surface area contributed by atoms with Gasteiger partial charge in [-0.25, -0.2) is 4.98 Å². The molecule has 2 N–H and O–H groups in total. The highest BCUT2D eigenvalue weighted by Gasteiger charge is 2.29. The number of carbonyl (C=O) groups is 1. The van der Waals surface area contributed by atoms with Gasteiger partial charge in [-0.3, -0.25) is 4.79 Å². The summed E-state index contributed by atoms with van der Waals surface area (Å²) in [7, 11) is 3.38. The van der Waals surface area contributed by atoms with Crippen LogP contribution in [0.25, 0.3) is 0 Å². The number of nitrogens with one attached hydrogen (secondary N) is 1. The third kappa shape index (κ3) is 3.00. The van der Waals surface area contributed by atoms with Crippen LogP contribution in [-0.4, -0.2) is 47.1 Å². The van der Waals surface area contributed by atoms with Gasteiger partial charge in [-0.1, -0.05) is 0 Å². The monoisotopic (exact) mass is 315 g/mol. The van der Waals surface area contributed by atoms with Gasteiger partial charge >= 0.3 is 0 Å². The number of pyridine rings is 1.